The first-order chi connectivity index (χ1) is 12.5. The smallest absolute Gasteiger partial charge is 0.291 e. The van der Waals surface area contributed by atoms with E-state index in [0.717, 1.165) is 29.9 Å². The fraction of sp³-hybridized carbons (Fsp3) is 0.526. The second kappa shape index (κ2) is 6.63. The lowest BCUT2D eigenvalue weighted by Crippen LogP contribution is -2.33. The van der Waals surface area contributed by atoms with Gasteiger partial charge in [-0.05, 0) is 33.1 Å². The molecule has 0 spiro atoms. The molecule has 3 heterocycles. The van der Waals surface area contributed by atoms with E-state index in [2.05, 4.69) is 10.4 Å². The van der Waals surface area contributed by atoms with Crippen molar-refractivity contribution in [3.63, 3.8) is 0 Å². The van der Waals surface area contributed by atoms with Gasteiger partial charge >= 0.3 is 0 Å². The third-order valence-corrected chi connectivity index (χ3v) is 5.15. The van der Waals surface area contributed by atoms with Crippen LogP contribution in [-0.4, -0.2) is 26.1 Å². The number of carbonyl (C=O) groups is 1. The van der Waals surface area contributed by atoms with E-state index < -0.39 is 0 Å². The molecule has 3 aromatic rings. The molecule has 1 amide bonds. The minimum atomic E-state index is -0.157. The third-order valence-electron chi connectivity index (χ3n) is 5.15. The Morgan fingerprint density at radius 3 is 2.81 bits per heavy atom. The quantitative estimate of drug-likeness (QED) is 0.762. The van der Waals surface area contributed by atoms with Crippen LogP contribution in [0.1, 0.15) is 50.1 Å². The lowest BCUT2D eigenvalue weighted by atomic mass is 10.2. The van der Waals surface area contributed by atoms with Crippen molar-refractivity contribution in [3.05, 3.63) is 34.1 Å². The summed E-state index contributed by atoms with van der Waals surface area (Å²) in [4.78, 5) is 24.8. The number of amides is 1. The average Bonchev–Trinajstić information content (AvgIpc) is 3.28. The molecule has 0 bridgehead atoms. The van der Waals surface area contributed by atoms with E-state index in [1.807, 2.05) is 24.3 Å². The summed E-state index contributed by atoms with van der Waals surface area (Å²) >= 11 is 0. The number of carbonyl (C=O) groups excluding carboxylic acids is 1. The van der Waals surface area contributed by atoms with E-state index in [4.69, 9.17) is 4.42 Å². The highest BCUT2D eigenvalue weighted by molar-refractivity contribution is 5.83. The Morgan fingerprint density at radius 1 is 1.27 bits per heavy atom. The van der Waals surface area contributed by atoms with Crippen LogP contribution in [0.2, 0.25) is 0 Å². The number of aromatic nitrogens is 3. The van der Waals surface area contributed by atoms with Crippen LogP contribution in [0.15, 0.2) is 21.3 Å². The van der Waals surface area contributed by atoms with Gasteiger partial charge in [0.2, 0.25) is 5.91 Å². The molecule has 7 heteroatoms. The lowest BCUT2D eigenvalue weighted by Gasteiger charge is -2.12. The number of nitrogens with one attached hydrogen (secondary N) is 1. The normalized spacial score (nSPS) is 15.3. The van der Waals surface area contributed by atoms with Gasteiger partial charge in [0.05, 0.1) is 5.52 Å². The second-order valence-electron chi connectivity index (χ2n) is 7.20. The van der Waals surface area contributed by atoms with Gasteiger partial charge < -0.3 is 9.73 Å². The summed E-state index contributed by atoms with van der Waals surface area (Å²) in [6.07, 6.45) is 5.57. The molecular weight excluding hydrogens is 332 g/mol. The zero-order valence-corrected chi connectivity index (χ0v) is 15.2. The molecule has 26 heavy (non-hydrogen) atoms. The van der Waals surface area contributed by atoms with Crippen LogP contribution in [0.3, 0.4) is 0 Å². The molecule has 138 valence electrons. The summed E-state index contributed by atoms with van der Waals surface area (Å²) in [5.41, 5.74) is 1.96. The molecule has 1 aliphatic rings. The van der Waals surface area contributed by atoms with Crippen molar-refractivity contribution in [3.8, 4) is 0 Å². The standard InChI is InChI=1S/C19H24N4O3/c1-12-10-15-17(26-12)11-16-19(25)22(21-13(2)23(15)16)9-5-8-18(24)20-14-6-3-4-7-14/h10-11,14H,3-9H2,1-2H3,(H,20,24). The van der Waals surface area contributed by atoms with Crippen molar-refractivity contribution in [2.24, 2.45) is 0 Å². The van der Waals surface area contributed by atoms with Crippen LogP contribution >= 0.6 is 0 Å². The first-order valence-electron chi connectivity index (χ1n) is 9.31. The van der Waals surface area contributed by atoms with E-state index in [-0.39, 0.29) is 11.5 Å². The fourth-order valence-electron chi connectivity index (χ4n) is 3.93. The van der Waals surface area contributed by atoms with Crippen molar-refractivity contribution in [2.45, 2.75) is 65.0 Å². The highest BCUT2D eigenvalue weighted by Crippen LogP contribution is 2.23. The molecule has 7 nitrogen and oxygen atoms in total. The summed E-state index contributed by atoms with van der Waals surface area (Å²) in [5, 5.41) is 7.50. The summed E-state index contributed by atoms with van der Waals surface area (Å²) in [5.74, 6) is 1.60. The Labute approximate surface area is 151 Å². The molecule has 4 rings (SSSR count). The third kappa shape index (κ3) is 3.02. The molecule has 1 saturated carbocycles. The van der Waals surface area contributed by atoms with E-state index in [9.17, 15) is 9.59 Å². The van der Waals surface area contributed by atoms with Crippen molar-refractivity contribution in [1.82, 2.24) is 19.5 Å². The van der Waals surface area contributed by atoms with E-state index >= 15 is 0 Å². The van der Waals surface area contributed by atoms with Gasteiger partial charge in [0.15, 0.2) is 5.58 Å². The van der Waals surface area contributed by atoms with E-state index in [0.29, 0.717) is 36.5 Å². The Morgan fingerprint density at radius 2 is 2.04 bits per heavy atom. The van der Waals surface area contributed by atoms with Gasteiger partial charge in [-0.25, -0.2) is 4.68 Å². The number of nitrogens with zero attached hydrogens (tertiary/aromatic N) is 3. The van der Waals surface area contributed by atoms with Gasteiger partial charge in [0.1, 0.15) is 17.1 Å². The molecule has 0 atom stereocenters. The van der Waals surface area contributed by atoms with Crippen molar-refractivity contribution < 1.29 is 9.21 Å². The van der Waals surface area contributed by atoms with Crippen LogP contribution in [0.4, 0.5) is 0 Å². The van der Waals surface area contributed by atoms with Crippen LogP contribution in [0.5, 0.6) is 0 Å². The maximum Gasteiger partial charge on any atom is 0.291 e. The van der Waals surface area contributed by atoms with Crippen molar-refractivity contribution in [2.75, 3.05) is 0 Å². The molecule has 1 N–H and O–H groups in total. The summed E-state index contributed by atoms with van der Waals surface area (Å²) in [6, 6.07) is 4.01. The lowest BCUT2D eigenvalue weighted by molar-refractivity contribution is -0.121. The predicted molar refractivity (Wildman–Crippen MR) is 98.3 cm³/mol. The number of hydrogen-bond donors (Lipinski definition) is 1. The molecule has 0 radical (unpaired) electrons. The highest BCUT2D eigenvalue weighted by atomic mass is 16.3. The number of rotatable bonds is 5. The average molecular weight is 356 g/mol. The monoisotopic (exact) mass is 356 g/mol. The maximum absolute atomic E-state index is 12.7. The van der Waals surface area contributed by atoms with Gasteiger partial charge in [-0.3, -0.25) is 14.0 Å². The van der Waals surface area contributed by atoms with Crippen LogP contribution in [0, 0.1) is 13.8 Å². The zero-order valence-electron chi connectivity index (χ0n) is 15.2. The molecule has 0 saturated heterocycles. The first kappa shape index (κ1) is 16.9. The summed E-state index contributed by atoms with van der Waals surface area (Å²) in [7, 11) is 0. The summed E-state index contributed by atoms with van der Waals surface area (Å²) < 4.78 is 8.92. The van der Waals surface area contributed by atoms with Gasteiger partial charge in [-0.2, -0.15) is 5.10 Å². The molecule has 0 aliphatic heterocycles. The Kier molecular flexibility index (Phi) is 4.30. The zero-order chi connectivity index (χ0) is 18.3. The molecular formula is C19H24N4O3. The Hall–Kier alpha value is -2.57. The topological polar surface area (TPSA) is 81.5 Å². The predicted octanol–water partition coefficient (Wildman–Crippen LogP) is 2.70. The fourth-order valence-corrected chi connectivity index (χ4v) is 3.93. The van der Waals surface area contributed by atoms with Crippen LogP contribution in [-0.2, 0) is 11.3 Å². The molecule has 1 fully saturated rings. The highest BCUT2D eigenvalue weighted by Gasteiger charge is 2.17. The first-order valence-corrected chi connectivity index (χ1v) is 9.31. The number of fused-ring (bicyclic) bond motifs is 3. The molecule has 0 aromatic carbocycles. The van der Waals surface area contributed by atoms with Gasteiger partial charge in [0, 0.05) is 31.1 Å². The van der Waals surface area contributed by atoms with E-state index in [1.54, 1.807) is 6.07 Å². The maximum atomic E-state index is 12.7. The summed E-state index contributed by atoms with van der Waals surface area (Å²) in [6.45, 7) is 4.18. The van der Waals surface area contributed by atoms with Crippen LogP contribution < -0.4 is 10.9 Å². The minimum absolute atomic E-state index is 0.0680. The number of aryl methyl sites for hydroxylation is 3. The van der Waals surface area contributed by atoms with Gasteiger partial charge in [0.25, 0.3) is 5.56 Å². The molecule has 0 unspecified atom stereocenters. The largest absolute Gasteiger partial charge is 0.460 e. The van der Waals surface area contributed by atoms with Gasteiger partial charge in [-0.1, -0.05) is 12.8 Å². The Bertz CT molecular complexity index is 1020. The van der Waals surface area contributed by atoms with E-state index in [1.165, 1.54) is 17.5 Å². The molecule has 3 aromatic heterocycles. The SMILES string of the molecule is Cc1cc2c(cc3c(=O)n(CCCC(=O)NC4CCCC4)nc(C)n32)o1. The molecule has 1 aliphatic carbocycles. The second-order valence-corrected chi connectivity index (χ2v) is 7.20. The number of hydrogen-bond acceptors (Lipinski definition) is 4. The Balaban J connectivity index is 1.49. The van der Waals surface area contributed by atoms with Crippen molar-refractivity contribution >= 4 is 22.5 Å². The van der Waals surface area contributed by atoms with Gasteiger partial charge in [-0.15, -0.1) is 0 Å². The minimum Gasteiger partial charge on any atom is -0.460 e. The van der Waals surface area contributed by atoms with Crippen LogP contribution in [0.25, 0.3) is 16.6 Å². The van der Waals surface area contributed by atoms with Crippen molar-refractivity contribution in [1.29, 1.82) is 0 Å². The number of furan rings is 1.